The zero-order valence-corrected chi connectivity index (χ0v) is 5.36. The van der Waals surface area contributed by atoms with Crippen LogP contribution in [0.4, 0.5) is 0 Å². The quantitative estimate of drug-likeness (QED) is 0.589. The van der Waals surface area contributed by atoms with E-state index in [0.29, 0.717) is 0 Å². The van der Waals surface area contributed by atoms with Gasteiger partial charge in [0.05, 0.1) is 0 Å². The van der Waals surface area contributed by atoms with Gasteiger partial charge >= 0.3 is 27.7 Å². The molecule has 0 atom stereocenters. The molecule has 1 N–H and O–H groups in total. The Balaban J connectivity index is 0. The molecule has 0 heterocycles. The van der Waals surface area contributed by atoms with Crippen LogP contribution in [0.5, 0.6) is 0 Å². The van der Waals surface area contributed by atoms with Crippen LogP contribution in [0.25, 0.3) is 0 Å². The van der Waals surface area contributed by atoms with Crippen LogP contribution in [0.15, 0.2) is 0 Å². The standard InChI is InChI=1S/C2H4O2.ClH.Pd/c1-2(3)4;;/h1H3,(H,3,4);1H;/q;;+1/p-1. The van der Waals surface area contributed by atoms with Crippen LogP contribution in [0.1, 0.15) is 6.92 Å². The van der Waals surface area contributed by atoms with Crippen molar-refractivity contribution in [3.8, 4) is 0 Å². The Morgan fingerprint density at radius 2 is 1.83 bits per heavy atom. The van der Waals surface area contributed by atoms with E-state index in [2.05, 4.69) is 27.7 Å². The molecule has 4 heteroatoms. The molecule has 0 saturated carbocycles. The van der Waals surface area contributed by atoms with Gasteiger partial charge in [0.15, 0.2) is 0 Å². The van der Waals surface area contributed by atoms with Gasteiger partial charge < -0.3 is 5.11 Å². The Morgan fingerprint density at radius 3 is 1.83 bits per heavy atom. The molecule has 0 radical (unpaired) electrons. The predicted octanol–water partition coefficient (Wildman–Crippen LogP) is 0.778. The second-order valence-electron chi connectivity index (χ2n) is 0.519. The Hall–Kier alpha value is 0.422. The molecular weight excluding hydrogens is 198 g/mol. The van der Waals surface area contributed by atoms with Crippen molar-refractivity contribution in [3.05, 3.63) is 0 Å². The molecule has 0 rings (SSSR count). The average molecular weight is 202 g/mol. The first kappa shape index (κ1) is 9.66. The summed E-state index contributed by atoms with van der Waals surface area (Å²) in [6.45, 7) is 1.08. The van der Waals surface area contributed by atoms with E-state index in [1.807, 2.05) is 0 Å². The number of hydrogen-bond donors (Lipinski definition) is 1. The van der Waals surface area contributed by atoms with E-state index in [1.54, 1.807) is 0 Å². The van der Waals surface area contributed by atoms with Gasteiger partial charge in [-0.2, -0.15) is 0 Å². The van der Waals surface area contributed by atoms with E-state index in [1.165, 1.54) is 0 Å². The zero-order valence-electron chi connectivity index (χ0n) is 3.05. The molecular formula is C2H4ClO2Pd. The van der Waals surface area contributed by atoms with Gasteiger partial charge in [0.1, 0.15) is 0 Å². The number of carboxylic acids is 1. The normalized spacial score (nSPS) is 5.33. The molecule has 0 aliphatic rings. The van der Waals surface area contributed by atoms with Gasteiger partial charge in [-0.1, -0.05) is 0 Å². The molecule has 0 saturated heterocycles. The maximum atomic E-state index is 9.00. The van der Waals surface area contributed by atoms with Gasteiger partial charge in [-0.3, -0.25) is 4.79 Å². The molecule has 0 spiro atoms. The molecule has 0 aromatic heterocycles. The molecule has 0 fully saturated rings. The van der Waals surface area contributed by atoms with Gasteiger partial charge in [-0.15, -0.1) is 0 Å². The van der Waals surface area contributed by atoms with E-state index in [9.17, 15) is 0 Å². The van der Waals surface area contributed by atoms with Crippen LogP contribution in [-0.2, 0) is 23.0 Å². The van der Waals surface area contributed by atoms with Gasteiger partial charge in [-0.05, 0) is 0 Å². The summed E-state index contributed by atoms with van der Waals surface area (Å²) in [6, 6.07) is 0. The minimum absolute atomic E-state index is 0.833. The van der Waals surface area contributed by atoms with Gasteiger partial charge in [0, 0.05) is 6.92 Å². The van der Waals surface area contributed by atoms with Crippen molar-refractivity contribution in [3.63, 3.8) is 0 Å². The topological polar surface area (TPSA) is 37.3 Å². The number of rotatable bonds is 0. The number of halogens is 1. The maximum absolute atomic E-state index is 9.00. The van der Waals surface area contributed by atoms with E-state index >= 15 is 0 Å². The monoisotopic (exact) mass is 201 g/mol. The molecule has 0 bridgehead atoms. The molecule has 0 aliphatic heterocycles. The number of aliphatic carboxylic acids is 1. The fourth-order valence-electron chi connectivity index (χ4n) is 0. The molecule has 6 heavy (non-hydrogen) atoms. The average Bonchev–Trinajstić information content (AvgIpc) is 1.41. The van der Waals surface area contributed by atoms with E-state index in [-0.39, 0.29) is 0 Å². The van der Waals surface area contributed by atoms with Crippen LogP contribution in [0.2, 0.25) is 0 Å². The fourth-order valence-corrected chi connectivity index (χ4v) is 0. The molecule has 41 valence electrons. The summed E-state index contributed by atoms with van der Waals surface area (Å²) < 4.78 is 0. The molecule has 0 aromatic rings. The second kappa shape index (κ2) is 9.05. The SMILES string of the molecule is CC(=O)O.[Cl][Pd]. The fraction of sp³-hybridized carbons (Fsp3) is 0.500. The van der Waals surface area contributed by atoms with Crippen molar-refractivity contribution in [2.24, 2.45) is 0 Å². The molecule has 0 unspecified atom stereocenters. The summed E-state index contributed by atoms with van der Waals surface area (Å²) in [5.41, 5.74) is 0. The zero-order chi connectivity index (χ0) is 5.58. The summed E-state index contributed by atoms with van der Waals surface area (Å²) in [5.74, 6) is -0.833. The minimum atomic E-state index is -0.833. The molecule has 0 amide bonds. The predicted molar refractivity (Wildman–Crippen MR) is 19.2 cm³/mol. The van der Waals surface area contributed by atoms with Crippen molar-refractivity contribution < 1.29 is 28.1 Å². The summed E-state index contributed by atoms with van der Waals surface area (Å²) in [6.07, 6.45) is 0. The van der Waals surface area contributed by atoms with Crippen LogP contribution < -0.4 is 0 Å². The van der Waals surface area contributed by atoms with Crippen LogP contribution in [0, 0.1) is 0 Å². The van der Waals surface area contributed by atoms with Crippen molar-refractivity contribution in [2.75, 3.05) is 0 Å². The van der Waals surface area contributed by atoms with Crippen molar-refractivity contribution in [2.45, 2.75) is 6.92 Å². The second-order valence-corrected chi connectivity index (χ2v) is 0.519. The van der Waals surface area contributed by atoms with Crippen LogP contribution in [-0.4, -0.2) is 11.1 Å². The number of hydrogen-bond acceptors (Lipinski definition) is 1. The third-order valence-corrected chi connectivity index (χ3v) is 0. The van der Waals surface area contributed by atoms with E-state index in [4.69, 9.17) is 9.90 Å². The van der Waals surface area contributed by atoms with E-state index in [0.717, 1.165) is 6.92 Å². The summed E-state index contributed by atoms with van der Waals surface area (Å²) in [5, 5.41) is 7.42. The van der Waals surface area contributed by atoms with Crippen LogP contribution in [0.3, 0.4) is 0 Å². The Labute approximate surface area is 50.9 Å². The van der Waals surface area contributed by atoms with Gasteiger partial charge in [-0.25, -0.2) is 0 Å². The molecule has 2 nitrogen and oxygen atoms in total. The first-order valence-electron chi connectivity index (χ1n) is 1.05. The van der Waals surface area contributed by atoms with Crippen LogP contribution >= 0.6 is 9.53 Å². The summed E-state index contributed by atoms with van der Waals surface area (Å²) in [7, 11) is 4.49. The van der Waals surface area contributed by atoms with E-state index < -0.39 is 5.97 Å². The van der Waals surface area contributed by atoms with Crippen molar-refractivity contribution in [1.29, 1.82) is 0 Å². The van der Waals surface area contributed by atoms with Crippen molar-refractivity contribution >= 4 is 15.5 Å². The number of carbonyl (C=O) groups is 1. The Bertz CT molecular complexity index is 34.5. The number of carboxylic acid groups (broad SMARTS) is 1. The first-order chi connectivity index (χ1) is 2.73. The molecule has 0 aromatic carbocycles. The van der Waals surface area contributed by atoms with Gasteiger partial charge in [0.25, 0.3) is 5.97 Å². The van der Waals surface area contributed by atoms with Gasteiger partial charge in [0.2, 0.25) is 0 Å². The summed E-state index contributed by atoms with van der Waals surface area (Å²) in [4.78, 5) is 9.00. The third-order valence-electron chi connectivity index (χ3n) is 0. The Morgan fingerprint density at radius 1 is 1.83 bits per heavy atom. The summed E-state index contributed by atoms with van der Waals surface area (Å²) >= 11 is 2.22. The first-order valence-corrected chi connectivity index (χ1v) is 3.05. The third kappa shape index (κ3) is 290. The molecule has 0 aliphatic carbocycles. The Kier molecular flexibility index (Phi) is 14.6. The van der Waals surface area contributed by atoms with Crippen molar-refractivity contribution in [1.82, 2.24) is 0 Å².